The summed E-state index contributed by atoms with van der Waals surface area (Å²) in [6.07, 6.45) is -4.22. The number of nitriles is 1. The Labute approximate surface area is 129 Å². The molecule has 2 rings (SSSR count). The van der Waals surface area contributed by atoms with E-state index in [0.717, 1.165) is 38.3 Å². The maximum absolute atomic E-state index is 12.9. The number of benzene rings is 1. The molecule has 0 bridgehead atoms. The summed E-state index contributed by atoms with van der Waals surface area (Å²) in [5.41, 5.74) is -0.162. The fourth-order valence-corrected chi connectivity index (χ4v) is 3.02. The van der Waals surface area contributed by atoms with E-state index in [1.54, 1.807) is 6.07 Å². The van der Waals surface area contributed by atoms with Gasteiger partial charge in [-0.3, -0.25) is 4.90 Å². The molecule has 0 unspecified atom stereocenters. The SMILES string of the molecule is N#CC[C@@H](c1cc(Br)cc(C(F)(F)F)c1)N1CCNCC1. The summed E-state index contributed by atoms with van der Waals surface area (Å²) in [7, 11) is 0. The van der Waals surface area contributed by atoms with Gasteiger partial charge in [0.2, 0.25) is 0 Å². The molecule has 1 aliphatic heterocycles. The second kappa shape index (κ2) is 6.77. The highest BCUT2D eigenvalue weighted by Gasteiger charge is 2.32. The lowest BCUT2D eigenvalue weighted by atomic mass is 9.99. The van der Waals surface area contributed by atoms with E-state index in [2.05, 4.69) is 32.2 Å². The Kier molecular flexibility index (Phi) is 5.25. The molecule has 7 heteroatoms. The van der Waals surface area contributed by atoms with E-state index in [-0.39, 0.29) is 12.5 Å². The second-order valence-corrected chi connectivity index (χ2v) is 5.85. The Hall–Kier alpha value is -1.10. The molecule has 114 valence electrons. The predicted octanol–water partition coefficient (Wildman–Crippen LogP) is 3.33. The van der Waals surface area contributed by atoms with Gasteiger partial charge in [0.05, 0.1) is 18.1 Å². The first-order chi connectivity index (χ1) is 9.91. The second-order valence-electron chi connectivity index (χ2n) is 4.94. The summed E-state index contributed by atoms with van der Waals surface area (Å²) in [5, 5.41) is 12.2. The van der Waals surface area contributed by atoms with Crippen molar-refractivity contribution in [2.75, 3.05) is 26.2 Å². The van der Waals surface area contributed by atoms with Crippen LogP contribution in [0.1, 0.15) is 23.6 Å². The molecule has 21 heavy (non-hydrogen) atoms. The number of nitrogens with zero attached hydrogens (tertiary/aromatic N) is 2. The van der Waals surface area contributed by atoms with Gasteiger partial charge in [0.15, 0.2) is 0 Å². The van der Waals surface area contributed by atoms with E-state index in [1.165, 1.54) is 0 Å². The van der Waals surface area contributed by atoms with Gasteiger partial charge in [-0.1, -0.05) is 15.9 Å². The Morgan fingerprint density at radius 3 is 2.52 bits per heavy atom. The van der Waals surface area contributed by atoms with E-state index in [0.29, 0.717) is 10.0 Å². The van der Waals surface area contributed by atoms with Crippen LogP contribution >= 0.6 is 15.9 Å². The number of piperazine rings is 1. The molecule has 1 aromatic carbocycles. The highest BCUT2D eigenvalue weighted by molar-refractivity contribution is 9.10. The van der Waals surface area contributed by atoms with Gasteiger partial charge in [-0.2, -0.15) is 18.4 Å². The molecule has 0 amide bonds. The van der Waals surface area contributed by atoms with Crippen molar-refractivity contribution in [1.82, 2.24) is 10.2 Å². The highest BCUT2D eigenvalue weighted by atomic mass is 79.9. The monoisotopic (exact) mass is 361 g/mol. The summed E-state index contributed by atoms with van der Waals surface area (Å²) in [4.78, 5) is 2.06. The molecule has 0 aliphatic carbocycles. The van der Waals surface area contributed by atoms with E-state index in [1.807, 2.05) is 0 Å². The maximum atomic E-state index is 12.9. The first-order valence-corrected chi connectivity index (χ1v) is 7.40. The third-order valence-electron chi connectivity index (χ3n) is 3.51. The first kappa shape index (κ1) is 16.3. The minimum absolute atomic E-state index is 0.174. The van der Waals surface area contributed by atoms with Crippen LogP contribution in [0.15, 0.2) is 22.7 Å². The Bertz CT molecular complexity index is 533. The number of rotatable bonds is 3. The molecule has 1 aromatic rings. The molecular formula is C14H15BrF3N3. The van der Waals surface area contributed by atoms with Crippen LogP contribution in [0.5, 0.6) is 0 Å². The highest BCUT2D eigenvalue weighted by Crippen LogP contribution is 2.35. The van der Waals surface area contributed by atoms with Crippen LogP contribution in [-0.2, 0) is 6.18 Å². The van der Waals surface area contributed by atoms with E-state index < -0.39 is 11.7 Å². The van der Waals surface area contributed by atoms with E-state index >= 15 is 0 Å². The maximum Gasteiger partial charge on any atom is 0.416 e. The van der Waals surface area contributed by atoms with Crippen molar-refractivity contribution in [2.45, 2.75) is 18.6 Å². The number of alkyl halides is 3. The Balaban J connectivity index is 2.35. The van der Waals surface area contributed by atoms with Gasteiger partial charge in [0.1, 0.15) is 0 Å². The summed E-state index contributed by atoms with van der Waals surface area (Å²) < 4.78 is 39.2. The first-order valence-electron chi connectivity index (χ1n) is 6.61. The van der Waals surface area contributed by atoms with Gasteiger partial charge in [-0.25, -0.2) is 0 Å². The van der Waals surface area contributed by atoms with Gasteiger partial charge in [0.25, 0.3) is 0 Å². The minimum atomic E-state index is -4.39. The standard InChI is InChI=1S/C14H15BrF3N3/c15-12-8-10(7-11(9-12)14(16,17)18)13(1-2-19)21-5-3-20-4-6-21/h7-9,13,20H,1,3-6H2/t13-/m0/s1. The average molecular weight is 362 g/mol. The van der Waals surface area contributed by atoms with Gasteiger partial charge >= 0.3 is 6.18 Å². The van der Waals surface area contributed by atoms with Crippen molar-refractivity contribution in [1.29, 1.82) is 5.26 Å². The molecule has 1 aliphatic rings. The molecule has 1 atom stereocenters. The zero-order valence-electron chi connectivity index (χ0n) is 11.3. The topological polar surface area (TPSA) is 39.1 Å². The number of halogens is 4. The smallest absolute Gasteiger partial charge is 0.314 e. The van der Waals surface area contributed by atoms with Gasteiger partial charge in [-0.05, 0) is 23.8 Å². The molecule has 0 saturated carbocycles. The third-order valence-corrected chi connectivity index (χ3v) is 3.97. The van der Waals surface area contributed by atoms with Crippen molar-refractivity contribution >= 4 is 15.9 Å². The number of hydrogen-bond acceptors (Lipinski definition) is 3. The van der Waals surface area contributed by atoms with Gasteiger partial charge in [0, 0.05) is 36.7 Å². The molecule has 1 heterocycles. The molecule has 1 N–H and O–H groups in total. The van der Waals surface area contributed by atoms with Crippen molar-refractivity contribution in [3.05, 3.63) is 33.8 Å². The molecule has 0 spiro atoms. The Morgan fingerprint density at radius 1 is 1.29 bits per heavy atom. The van der Waals surface area contributed by atoms with Crippen LogP contribution in [0.3, 0.4) is 0 Å². The van der Waals surface area contributed by atoms with Crippen molar-refractivity contribution < 1.29 is 13.2 Å². The molecule has 0 aromatic heterocycles. The molecule has 1 saturated heterocycles. The van der Waals surface area contributed by atoms with Crippen LogP contribution < -0.4 is 5.32 Å². The third kappa shape index (κ3) is 4.19. The summed E-state index contributed by atoms with van der Waals surface area (Å²) in [6.45, 7) is 3.00. The Morgan fingerprint density at radius 2 is 1.95 bits per heavy atom. The van der Waals surface area contributed by atoms with E-state index in [9.17, 15) is 13.2 Å². The zero-order valence-corrected chi connectivity index (χ0v) is 12.8. The normalized spacial score (nSPS) is 18.2. The van der Waals surface area contributed by atoms with Gasteiger partial charge in [-0.15, -0.1) is 0 Å². The minimum Gasteiger partial charge on any atom is -0.314 e. The molecular weight excluding hydrogens is 347 g/mol. The van der Waals surface area contributed by atoms with Crippen LogP contribution in [0.2, 0.25) is 0 Å². The molecule has 3 nitrogen and oxygen atoms in total. The van der Waals surface area contributed by atoms with Crippen LogP contribution in [-0.4, -0.2) is 31.1 Å². The lowest BCUT2D eigenvalue weighted by molar-refractivity contribution is -0.137. The lowest BCUT2D eigenvalue weighted by Crippen LogP contribution is -2.45. The zero-order chi connectivity index (χ0) is 15.5. The van der Waals surface area contributed by atoms with Crippen molar-refractivity contribution in [3.8, 4) is 6.07 Å². The van der Waals surface area contributed by atoms with Crippen LogP contribution in [0.4, 0.5) is 13.2 Å². The lowest BCUT2D eigenvalue weighted by Gasteiger charge is -2.34. The quantitative estimate of drug-likeness (QED) is 0.897. The average Bonchev–Trinajstić information content (AvgIpc) is 2.44. The number of hydrogen-bond donors (Lipinski definition) is 1. The molecule has 0 radical (unpaired) electrons. The van der Waals surface area contributed by atoms with Crippen LogP contribution in [0.25, 0.3) is 0 Å². The number of nitrogens with one attached hydrogen (secondary N) is 1. The summed E-state index contributed by atoms with van der Waals surface area (Å²) >= 11 is 3.14. The van der Waals surface area contributed by atoms with Crippen molar-refractivity contribution in [2.24, 2.45) is 0 Å². The largest absolute Gasteiger partial charge is 0.416 e. The van der Waals surface area contributed by atoms with Crippen molar-refractivity contribution in [3.63, 3.8) is 0 Å². The fourth-order valence-electron chi connectivity index (χ4n) is 2.51. The summed E-state index contributed by atoms with van der Waals surface area (Å²) in [6, 6.07) is 5.65. The predicted molar refractivity (Wildman–Crippen MR) is 76.6 cm³/mol. The fraction of sp³-hybridized carbons (Fsp3) is 0.500. The summed E-state index contributed by atoms with van der Waals surface area (Å²) in [5.74, 6) is 0. The van der Waals surface area contributed by atoms with Gasteiger partial charge < -0.3 is 5.32 Å². The van der Waals surface area contributed by atoms with Crippen LogP contribution in [0, 0.1) is 11.3 Å². The van der Waals surface area contributed by atoms with E-state index in [4.69, 9.17) is 5.26 Å². The molecule has 1 fully saturated rings.